The second kappa shape index (κ2) is 7.31. The van der Waals surface area contributed by atoms with Crippen molar-refractivity contribution in [1.82, 2.24) is 14.9 Å². The minimum atomic E-state index is -4.42. The molecule has 0 aliphatic carbocycles. The molecule has 0 saturated carbocycles. The van der Waals surface area contributed by atoms with Crippen molar-refractivity contribution in [2.75, 3.05) is 19.7 Å². The largest absolute Gasteiger partial charge is 0.476 e. The minimum absolute atomic E-state index is 0.0203. The molecule has 142 valence electrons. The summed E-state index contributed by atoms with van der Waals surface area (Å²) in [5.41, 5.74) is -0.541. The molecule has 3 rings (SSSR count). The van der Waals surface area contributed by atoms with Gasteiger partial charge in [-0.05, 0) is 17.7 Å². The third-order valence-corrected chi connectivity index (χ3v) is 4.05. The second-order valence-corrected chi connectivity index (χ2v) is 5.82. The van der Waals surface area contributed by atoms with Crippen LogP contribution in [-0.4, -0.2) is 51.5 Å². The van der Waals surface area contributed by atoms with Crippen LogP contribution in [0, 0.1) is 0 Å². The number of halogens is 3. The number of ether oxygens (including phenoxy) is 1. The molecule has 1 saturated heterocycles. The second-order valence-electron chi connectivity index (χ2n) is 5.82. The number of rotatable bonds is 3. The first-order chi connectivity index (χ1) is 12.8. The number of hydrogen-bond donors (Lipinski definition) is 1. The lowest BCUT2D eigenvalue weighted by molar-refractivity contribution is -0.137. The Bertz CT molecular complexity index is 838. The van der Waals surface area contributed by atoms with E-state index in [0.29, 0.717) is 5.56 Å². The molecule has 0 bridgehead atoms. The number of hydrogen-bond acceptors (Lipinski definition) is 5. The summed E-state index contributed by atoms with van der Waals surface area (Å²) >= 11 is 0. The summed E-state index contributed by atoms with van der Waals surface area (Å²) in [6, 6.07) is 4.58. The number of carboxylic acids is 1. The van der Waals surface area contributed by atoms with Gasteiger partial charge < -0.3 is 14.7 Å². The van der Waals surface area contributed by atoms with Crippen LogP contribution in [0.4, 0.5) is 13.2 Å². The Kier molecular flexibility index (Phi) is 5.08. The molecule has 1 aliphatic rings. The Balaban J connectivity index is 1.71. The molecule has 1 aromatic carbocycles. The van der Waals surface area contributed by atoms with E-state index in [4.69, 9.17) is 9.84 Å². The van der Waals surface area contributed by atoms with Gasteiger partial charge in [0.1, 0.15) is 11.8 Å². The van der Waals surface area contributed by atoms with Crippen molar-refractivity contribution in [2.45, 2.75) is 12.3 Å². The first-order valence-corrected chi connectivity index (χ1v) is 7.89. The predicted octanol–water partition coefficient (Wildman–Crippen LogP) is 2.41. The lowest BCUT2D eigenvalue weighted by Crippen LogP contribution is -2.42. The Hall–Kier alpha value is -3.01. The Labute approximate surface area is 151 Å². The molecule has 2 heterocycles. The van der Waals surface area contributed by atoms with Crippen LogP contribution < -0.4 is 0 Å². The summed E-state index contributed by atoms with van der Waals surface area (Å²) in [6.07, 6.45) is -2.93. The zero-order valence-corrected chi connectivity index (χ0v) is 13.8. The molecule has 1 unspecified atom stereocenters. The van der Waals surface area contributed by atoms with Crippen LogP contribution in [0.1, 0.15) is 38.2 Å². The fraction of sp³-hybridized carbons (Fsp3) is 0.294. The van der Waals surface area contributed by atoms with E-state index in [1.807, 2.05) is 0 Å². The van der Waals surface area contributed by atoms with Crippen LogP contribution in [0.15, 0.2) is 36.7 Å². The fourth-order valence-corrected chi connectivity index (χ4v) is 2.63. The van der Waals surface area contributed by atoms with Crippen molar-refractivity contribution in [3.05, 3.63) is 59.2 Å². The monoisotopic (exact) mass is 381 g/mol. The number of benzene rings is 1. The van der Waals surface area contributed by atoms with Crippen molar-refractivity contribution >= 4 is 11.9 Å². The molecule has 0 spiro atoms. The maximum absolute atomic E-state index is 12.7. The van der Waals surface area contributed by atoms with Gasteiger partial charge in [-0.1, -0.05) is 12.1 Å². The smallest absolute Gasteiger partial charge is 0.416 e. The lowest BCUT2D eigenvalue weighted by Gasteiger charge is -2.33. The molecule has 7 nitrogen and oxygen atoms in total. The molecule has 1 aliphatic heterocycles. The molecule has 1 N–H and O–H groups in total. The molecule has 2 aromatic rings. The Morgan fingerprint density at radius 1 is 1.11 bits per heavy atom. The number of amides is 1. The zero-order valence-electron chi connectivity index (χ0n) is 13.8. The first kappa shape index (κ1) is 18.8. The van der Waals surface area contributed by atoms with E-state index < -0.39 is 29.7 Å². The van der Waals surface area contributed by atoms with Crippen LogP contribution in [0.5, 0.6) is 0 Å². The van der Waals surface area contributed by atoms with Gasteiger partial charge in [-0.15, -0.1) is 0 Å². The van der Waals surface area contributed by atoms with Crippen molar-refractivity contribution in [1.29, 1.82) is 0 Å². The third-order valence-electron chi connectivity index (χ3n) is 4.05. The van der Waals surface area contributed by atoms with Crippen LogP contribution >= 0.6 is 0 Å². The first-order valence-electron chi connectivity index (χ1n) is 7.89. The highest BCUT2D eigenvalue weighted by atomic mass is 19.4. The van der Waals surface area contributed by atoms with Gasteiger partial charge in [0, 0.05) is 6.54 Å². The molecule has 27 heavy (non-hydrogen) atoms. The number of morpholine rings is 1. The van der Waals surface area contributed by atoms with E-state index >= 15 is 0 Å². The lowest BCUT2D eigenvalue weighted by atomic mass is 10.0. The topological polar surface area (TPSA) is 92.6 Å². The van der Waals surface area contributed by atoms with E-state index in [0.717, 1.165) is 24.5 Å². The number of aromatic carboxylic acids is 1. The third kappa shape index (κ3) is 4.22. The standard InChI is InChI=1S/C17H14F3N3O4/c18-17(19,20)11-3-1-10(2-4-11)14-9-23(5-6-27-14)15(24)12-7-22-13(8-21-12)16(25)26/h1-4,7-8,14H,5-6,9H2,(H,25,26). The maximum atomic E-state index is 12.7. The van der Waals surface area contributed by atoms with Gasteiger partial charge in [0.15, 0.2) is 5.69 Å². The summed E-state index contributed by atoms with van der Waals surface area (Å²) < 4.78 is 43.6. The summed E-state index contributed by atoms with van der Waals surface area (Å²) in [4.78, 5) is 32.2. The van der Waals surface area contributed by atoms with Crippen molar-refractivity contribution in [2.24, 2.45) is 0 Å². The van der Waals surface area contributed by atoms with Crippen LogP contribution in [-0.2, 0) is 10.9 Å². The summed E-state index contributed by atoms with van der Waals surface area (Å²) in [6.45, 7) is 0.614. The van der Waals surface area contributed by atoms with Crippen molar-refractivity contribution in [3.63, 3.8) is 0 Å². The summed E-state index contributed by atoms with van der Waals surface area (Å²) in [5, 5.41) is 8.81. The molecular formula is C17H14F3N3O4. The molecular weight excluding hydrogens is 367 g/mol. The van der Waals surface area contributed by atoms with Gasteiger partial charge in [0.05, 0.1) is 31.1 Å². The Morgan fingerprint density at radius 2 is 1.74 bits per heavy atom. The minimum Gasteiger partial charge on any atom is -0.476 e. The van der Waals surface area contributed by atoms with Crippen molar-refractivity contribution in [3.8, 4) is 0 Å². The molecule has 1 amide bonds. The van der Waals surface area contributed by atoms with Gasteiger partial charge in [-0.2, -0.15) is 13.2 Å². The Morgan fingerprint density at radius 3 is 2.30 bits per heavy atom. The van der Waals surface area contributed by atoms with Crippen LogP contribution in [0.25, 0.3) is 0 Å². The van der Waals surface area contributed by atoms with E-state index in [1.165, 1.54) is 17.0 Å². The van der Waals surface area contributed by atoms with Crippen LogP contribution in [0.2, 0.25) is 0 Å². The van der Waals surface area contributed by atoms with Gasteiger partial charge in [0.25, 0.3) is 5.91 Å². The molecule has 1 aromatic heterocycles. The average molecular weight is 381 g/mol. The van der Waals surface area contributed by atoms with Gasteiger partial charge in [0.2, 0.25) is 0 Å². The fourth-order valence-electron chi connectivity index (χ4n) is 2.63. The number of nitrogens with zero attached hydrogens (tertiary/aromatic N) is 3. The van der Waals surface area contributed by atoms with Gasteiger partial charge in [-0.25, -0.2) is 14.8 Å². The molecule has 1 atom stereocenters. The quantitative estimate of drug-likeness (QED) is 0.878. The SMILES string of the molecule is O=C(O)c1cnc(C(=O)N2CCOC(c3ccc(C(F)(F)F)cc3)C2)cn1. The normalized spacial score (nSPS) is 17.6. The van der Waals surface area contributed by atoms with E-state index in [2.05, 4.69) is 9.97 Å². The number of alkyl halides is 3. The molecule has 1 fully saturated rings. The summed E-state index contributed by atoms with van der Waals surface area (Å²) in [7, 11) is 0. The van der Waals surface area contributed by atoms with E-state index in [9.17, 15) is 22.8 Å². The maximum Gasteiger partial charge on any atom is 0.416 e. The average Bonchev–Trinajstić information content (AvgIpc) is 2.67. The zero-order chi connectivity index (χ0) is 19.6. The highest BCUT2D eigenvalue weighted by molar-refractivity contribution is 5.92. The summed E-state index contributed by atoms with van der Waals surface area (Å²) in [5.74, 6) is -1.71. The number of carbonyl (C=O) groups is 2. The van der Waals surface area contributed by atoms with E-state index in [-0.39, 0.29) is 31.1 Å². The predicted molar refractivity (Wildman–Crippen MR) is 85.0 cm³/mol. The number of aromatic nitrogens is 2. The van der Waals surface area contributed by atoms with Crippen LogP contribution in [0.3, 0.4) is 0 Å². The number of carboxylic acid groups (broad SMARTS) is 1. The number of carbonyl (C=O) groups excluding carboxylic acids is 1. The highest BCUT2D eigenvalue weighted by Gasteiger charge is 2.31. The van der Waals surface area contributed by atoms with E-state index in [1.54, 1.807) is 0 Å². The van der Waals surface area contributed by atoms with Gasteiger partial charge in [-0.3, -0.25) is 4.79 Å². The van der Waals surface area contributed by atoms with Crippen molar-refractivity contribution < 1.29 is 32.6 Å². The molecule has 0 radical (unpaired) electrons. The molecule has 10 heteroatoms. The van der Waals surface area contributed by atoms with Gasteiger partial charge >= 0.3 is 12.1 Å². The highest BCUT2D eigenvalue weighted by Crippen LogP contribution is 2.31.